The summed E-state index contributed by atoms with van der Waals surface area (Å²) in [6.07, 6.45) is 2.04. The fourth-order valence-corrected chi connectivity index (χ4v) is 3.37. The quantitative estimate of drug-likeness (QED) is 0.920. The van der Waals surface area contributed by atoms with Crippen LogP contribution in [0.4, 0.5) is 0 Å². The Kier molecular flexibility index (Phi) is 8.66. The largest absolute Gasteiger partial charge is 0.333 e. The molecule has 0 aliphatic carbocycles. The highest BCUT2D eigenvalue weighted by atomic mass is 35.5. The molecule has 0 aromatic carbocycles. The molecule has 116 valence electrons. The molecule has 2 rings (SSSR count). The number of aromatic nitrogens is 1. The van der Waals surface area contributed by atoms with Crippen LogP contribution in [0.1, 0.15) is 40.6 Å². The van der Waals surface area contributed by atoms with E-state index in [-0.39, 0.29) is 36.8 Å². The molecule has 0 radical (unpaired) electrons. The SMILES string of the molecule is CCCc1nc(C)c(C(=O)N2CCNC[C@H]2C)s1.Cl.Cl. The highest BCUT2D eigenvalue weighted by Gasteiger charge is 2.26. The molecule has 1 aliphatic rings. The van der Waals surface area contributed by atoms with Crippen LogP contribution in [0.2, 0.25) is 0 Å². The van der Waals surface area contributed by atoms with Crippen molar-refractivity contribution in [3.63, 3.8) is 0 Å². The van der Waals surface area contributed by atoms with Crippen molar-refractivity contribution in [2.45, 2.75) is 39.7 Å². The molecule has 2 heterocycles. The van der Waals surface area contributed by atoms with Crippen LogP contribution in [0.15, 0.2) is 0 Å². The fourth-order valence-electron chi connectivity index (χ4n) is 2.24. The predicted molar refractivity (Wildman–Crippen MR) is 88.7 cm³/mol. The molecule has 1 aromatic rings. The van der Waals surface area contributed by atoms with Crippen LogP contribution < -0.4 is 5.32 Å². The Morgan fingerprint density at radius 2 is 2.20 bits per heavy atom. The lowest BCUT2D eigenvalue weighted by Gasteiger charge is -2.33. The molecular formula is C13H23Cl2N3OS. The van der Waals surface area contributed by atoms with Crippen molar-refractivity contribution >= 4 is 42.1 Å². The van der Waals surface area contributed by atoms with Crippen molar-refractivity contribution in [1.82, 2.24) is 15.2 Å². The van der Waals surface area contributed by atoms with E-state index in [0.717, 1.165) is 48.1 Å². The second-order valence-electron chi connectivity index (χ2n) is 4.82. The van der Waals surface area contributed by atoms with E-state index in [1.807, 2.05) is 11.8 Å². The van der Waals surface area contributed by atoms with Gasteiger partial charge >= 0.3 is 0 Å². The number of carbonyl (C=O) groups excluding carboxylic acids is 1. The molecule has 4 nitrogen and oxygen atoms in total. The van der Waals surface area contributed by atoms with E-state index < -0.39 is 0 Å². The predicted octanol–water partition coefficient (Wildman–Crippen LogP) is 2.68. The maximum atomic E-state index is 12.5. The summed E-state index contributed by atoms with van der Waals surface area (Å²) < 4.78 is 0. The number of nitrogens with zero attached hydrogens (tertiary/aromatic N) is 2. The van der Waals surface area contributed by atoms with Gasteiger partial charge in [-0.15, -0.1) is 36.2 Å². The summed E-state index contributed by atoms with van der Waals surface area (Å²) in [6, 6.07) is 0.266. The maximum absolute atomic E-state index is 12.5. The summed E-state index contributed by atoms with van der Waals surface area (Å²) >= 11 is 1.57. The minimum absolute atomic E-state index is 0. The van der Waals surface area contributed by atoms with E-state index in [2.05, 4.69) is 24.1 Å². The summed E-state index contributed by atoms with van der Waals surface area (Å²) in [5, 5.41) is 4.39. The number of aryl methyl sites for hydroxylation is 2. The van der Waals surface area contributed by atoms with Crippen molar-refractivity contribution in [2.75, 3.05) is 19.6 Å². The smallest absolute Gasteiger partial charge is 0.266 e. The van der Waals surface area contributed by atoms with E-state index in [0.29, 0.717) is 0 Å². The van der Waals surface area contributed by atoms with Crippen LogP contribution >= 0.6 is 36.2 Å². The first-order chi connectivity index (χ1) is 8.63. The average Bonchev–Trinajstić information content (AvgIpc) is 2.71. The first-order valence-electron chi connectivity index (χ1n) is 6.61. The van der Waals surface area contributed by atoms with Crippen LogP contribution in [0, 0.1) is 6.92 Å². The molecule has 20 heavy (non-hydrogen) atoms. The molecule has 1 atom stereocenters. The molecular weight excluding hydrogens is 317 g/mol. The van der Waals surface area contributed by atoms with Crippen LogP contribution in [0.5, 0.6) is 0 Å². The zero-order valence-corrected chi connectivity index (χ0v) is 14.6. The topological polar surface area (TPSA) is 45.2 Å². The lowest BCUT2D eigenvalue weighted by Crippen LogP contribution is -2.52. The zero-order valence-electron chi connectivity index (χ0n) is 12.1. The molecule has 1 aliphatic heterocycles. The molecule has 0 bridgehead atoms. The number of carbonyl (C=O) groups is 1. The van der Waals surface area contributed by atoms with E-state index in [9.17, 15) is 4.79 Å². The molecule has 1 saturated heterocycles. The van der Waals surface area contributed by atoms with E-state index in [1.54, 1.807) is 11.3 Å². The Balaban J connectivity index is 0.00000180. The summed E-state index contributed by atoms with van der Waals surface area (Å²) in [4.78, 5) is 19.8. The Morgan fingerprint density at radius 3 is 2.80 bits per heavy atom. The average molecular weight is 340 g/mol. The van der Waals surface area contributed by atoms with Crippen LogP contribution in [-0.4, -0.2) is 41.5 Å². The highest BCUT2D eigenvalue weighted by molar-refractivity contribution is 7.13. The normalized spacial score (nSPS) is 18.1. The third-order valence-corrected chi connectivity index (χ3v) is 4.47. The third kappa shape index (κ3) is 4.32. The van der Waals surface area contributed by atoms with Crippen LogP contribution in [-0.2, 0) is 6.42 Å². The molecule has 0 unspecified atom stereocenters. The lowest BCUT2D eigenvalue weighted by molar-refractivity contribution is 0.0660. The van der Waals surface area contributed by atoms with E-state index in [1.165, 1.54) is 0 Å². The first kappa shape index (κ1) is 19.6. The lowest BCUT2D eigenvalue weighted by atomic mass is 10.2. The Morgan fingerprint density at radius 1 is 1.50 bits per heavy atom. The van der Waals surface area contributed by atoms with Gasteiger partial charge in [-0.1, -0.05) is 6.92 Å². The van der Waals surface area contributed by atoms with Gasteiger partial charge in [-0.25, -0.2) is 4.98 Å². The number of piperazine rings is 1. The maximum Gasteiger partial charge on any atom is 0.266 e. The molecule has 7 heteroatoms. The van der Waals surface area contributed by atoms with Gasteiger partial charge in [0.15, 0.2) is 0 Å². The van der Waals surface area contributed by atoms with Gasteiger partial charge < -0.3 is 10.2 Å². The van der Waals surface area contributed by atoms with Gasteiger partial charge in [0.05, 0.1) is 10.7 Å². The van der Waals surface area contributed by atoms with Gasteiger partial charge in [0, 0.05) is 25.7 Å². The molecule has 1 aromatic heterocycles. The number of halogens is 2. The number of nitrogens with one attached hydrogen (secondary N) is 1. The van der Waals surface area contributed by atoms with E-state index >= 15 is 0 Å². The minimum Gasteiger partial charge on any atom is -0.333 e. The van der Waals surface area contributed by atoms with Crippen molar-refractivity contribution in [3.05, 3.63) is 15.6 Å². The number of hydrogen-bond donors (Lipinski definition) is 1. The van der Waals surface area contributed by atoms with Crippen molar-refractivity contribution < 1.29 is 4.79 Å². The second kappa shape index (κ2) is 8.82. The summed E-state index contributed by atoms with van der Waals surface area (Å²) in [5.41, 5.74) is 0.888. The third-order valence-electron chi connectivity index (χ3n) is 3.26. The standard InChI is InChI=1S/C13H21N3OS.2ClH/c1-4-5-11-15-10(3)12(18-11)13(17)16-7-6-14-8-9(16)2;;/h9,14H,4-8H2,1-3H3;2*1H/t9-;;/m1../s1. The van der Waals surface area contributed by atoms with Crippen molar-refractivity contribution in [2.24, 2.45) is 0 Å². The van der Waals surface area contributed by atoms with Gasteiger partial charge in [-0.05, 0) is 26.7 Å². The summed E-state index contributed by atoms with van der Waals surface area (Å²) in [7, 11) is 0. The molecule has 0 saturated carbocycles. The Bertz CT molecular complexity index is 439. The van der Waals surface area contributed by atoms with Crippen molar-refractivity contribution in [3.8, 4) is 0 Å². The number of rotatable bonds is 3. The first-order valence-corrected chi connectivity index (χ1v) is 7.43. The molecule has 1 fully saturated rings. The van der Waals surface area contributed by atoms with Crippen LogP contribution in [0.3, 0.4) is 0 Å². The number of hydrogen-bond acceptors (Lipinski definition) is 4. The van der Waals surface area contributed by atoms with Gasteiger partial charge in [-0.3, -0.25) is 4.79 Å². The summed E-state index contributed by atoms with van der Waals surface area (Å²) in [5.74, 6) is 0.154. The van der Waals surface area contributed by atoms with Gasteiger partial charge in [0.2, 0.25) is 0 Å². The van der Waals surface area contributed by atoms with Gasteiger partial charge in [0.1, 0.15) is 4.88 Å². The monoisotopic (exact) mass is 339 g/mol. The van der Waals surface area contributed by atoms with E-state index in [4.69, 9.17) is 0 Å². The molecule has 1 amide bonds. The number of amides is 1. The minimum atomic E-state index is 0. The second-order valence-corrected chi connectivity index (χ2v) is 5.91. The highest BCUT2D eigenvalue weighted by Crippen LogP contribution is 2.22. The number of thiazole rings is 1. The zero-order chi connectivity index (χ0) is 13.1. The molecule has 1 N–H and O–H groups in total. The Hall–Kier alpha value is -0.360. The Labute approximate surface area is 137 Å². The van der Waals surface area contributed by atoms with Crippen molar-refractivity contribution in [1.29, 1.82) is 0 Å². The van der Waals surface area contributed by atoms with Gasteiger partial charge in [-0.2, -0.15) is 0 Å². The summed E-state index contributed by atoms with van der Waals surface area (Å²) in [6.45, 7) is 8.72. The van der Waals surface area contributed by atoms with Crippen LogP contribution in [0.25, 0.3) is 0 Å². The molecule has 0 spiro atoms. The van der Waals surface area contributed by atoms with Gasteiger partial charge in [0.25, 0.3) is 5.91 Å². The fraction of sp³-hybridized carbons (Fsp3) is 0.692.